The Morgan fingerprint density at radius 2 is 1.88 bits per heavy atom. The standard InChI is InChI=1S/C24H25N7O2/c1-10-17(12(3)33-30-10)15-9-16-21(28-24(15)32-6)19-22(25-13(4)26-23(19)27-16)18-11(2)31(5)29-20(18)14-7-8-14/h9,14H,7-8H2,1-6H3,(H,25,26,27,28)/p+1. The minimum atomic E-state index is 0.517. The van der Waals surface area contributed by atoms with E-state index in [0.29, 0.717) is 17.6 Å². The minimum absolute atomic E-state index is 0.517. The lowest BCUT2D eigenvalue weighted by atomic mass is 10.0. The van der Waals surface area contributed by atoms with Gasteiger partial charge >= 0.3 is 0 Å². The summed E-state index contributed by atoms with van der Waals surface area (Å²) in [6.07, 6.45) is 2.39. The van der Waals surface area contributed by atoms with Gasteiger partial charge in [-0.05, 0) is 39.7 Å². The summed E-state index contributed by atoms with van der Waals surface area (Å²) in [5.74, 6) is 2.50. The fourth-order valence-corrected chi connectivity index (χ4v) is 4.83. The van der Waals surface area contributed by atoms with E-state index in [1.165, 1.54) is 18.5 Å². The molecular formula is C24H26N7O2+. The molecule has 1 saturated carbocycles. The van der Waals surface area contributed by atoms with Gasteiger partial charge in [-0.15, -0.1) is 4.68 Å². The maximum atomic E-state index is 5.73. The van der Waals surface area contributed by atoms with Crippen LogP contribution in [0, 0.1) is 27.7 Å². The summed E-state index contributed by atoms with van der Waals surface area (Å²) in [7, 11) is 3.68. The van der Waals surface area contributed by atoms with Crippen LogP contribution in [0.3, 0.4) is 0 Å². The average Bonchev–Trinajstić information content (AvgIpc) is 3.41. The summed E-state index contributed by atoms with van der Waals surface area (Å²) in [4.78, 5) is 18.1. The van der Waals surface area contributed by atoms with Crippen molar-refractivity contribution in [2.75, 3.05) is 7.11 Å². The van der Waals surface area contributed by atoms with Gasteiger partial charge in [0.25, 0.3) is 0 Å². The number of methoxy groups -OCH3 is 1. The predicted molar refractivity (Wildman–Crippen MR) is 123 cm³/mol. The number of hydrogen-bond acceptors (Lipinski definition) is 6. The largest absolute Gasteiger partial charge is 0.481 e. The SMILES string of the molecule is COc1nc2c(cc1-c1c(C)noc1C)[nH]c1nc(C)nc(-c3c(C4CC4)[nH][n+](C)c3C)c12. The van der Waals surface area contributed by atoms with Gasteiger partial charge in [0.1, 0.15) is 22.7 Å². The van der Waals surface area contributed by atoms with Crippen molar-refractivity contribution in [3.63, 3.8) is 0 Å². The Morgan fingerprint density at radius 3 is 2.55 bits per heavy atom. The van der Waals surface area contributed by atoms with Crippen LogP contribution in [-0.2, 0) is 7.05 Å². The second-order valence-corrected chi connectivity index (χ2v) is 8.93. The van der Waals surface area contributed by atoms with Gasteiger partial charge in [-0.25, -0.2) is 15.0 Å². The molecule has 5 aromatic rings. The van der Waals surface area contributed by atoms with Crippen LogP contribution < -0.4 is 9.42 Å². The van der Waals surface area contributed by atoms with Crippen molar-refractivity contribution < 1.29 is 13.9 Å². The highest BCUT2D eigenvalue weighted by atomic mass is 16.5. The third-order valence-electron chi connectivity index (χ3n) is 6.64. The zero-order valence-corrected chi connectivity index (χ0v) is 19.6. The monoisotopic (exact) mass is 444 g/mol. The second-order valence-electron chi connectivity index (χ2n) is 8.93. The normalized spacial score (nSPS) is 14.0. The third-order valence-corrected chi connectivity index (χ3v) is 6.64. The number of hydrogen-bond donors (Lipinski definition) is 2. The number of H-pyrrole nitrogens is 2. The van der Waals surface area contributed by atoms with Crippen LogP contribution >= 0.6 is 0 Å². The predicted octanol–water partition coefficient (Wildman–Crippen LogP) is 4.10. The zero-order chi connectivity index (χ0) is 23.0. The number of nitrogens with zero attached hydrogens (tertiary/aromatic N) is 5. The first-order valence-corrected chi connectivity index (χ1v) is 11.1. The Kier molecular flexibility index (Phi) is 4.14. The second kappa shape index (κ2) is 6.87. The number of pyridine rings is 1. The zero-order valence-electron chi connectivity index (χ0n) is 19.6. The Bertz CT molecular complexity index is 1550. The number of rotatable bonds is 4. The Morgan fingerprint density at radius 1 is 1.09 bits per heavy atom. The molecular weight excluding hydrogens is 418 g/mol. The molecule has 0 aliphatic heterocycles. The highest BCUT2D eigenvalue weighted by Crippen LogP contribution is 2.46. The number of aromatic nitrogens is 7. The number of ether oxygens (including phenoxy) is 1. The van der Waals surface area contributed by atoms with E-state index < -0.39 is 0 Å². The smallest absolute Gasteiger partial charge is 0.221 e. The van der Waals surface area contributed by atoms with E-state index in [9.17, 15) is 0 Å². The van der Waals surface area contributed by atoms with E-state index in [0.717, 1.165) is 61.6 Å². The van der Waals surface area contributed by atoms with E-state index in [1.807, 2.05) is 33.9 Å². The minimum Gasteiger partial charge on any atom is -0.481 e. The van der Waals surface area contributed by atoms with Gasteiger partial charge < -0.3 is 14.2 Å². The van der Waals surface area contributed by atoms with Crippen LogP contribution in [0.4, 0.5) is 0 Å². The molecule has 0 saturated heterocycles. The third kappa shape index (κ3) is 2.88. The molecule has 1 fully saturated rings. The van der Waals surface area contributed by atoms with E-state index in [-0.39, 0.29) is 0 Å². The summed E-state index contributed by atoms with van der Waals surface area (Å²) in [5, 5.41) is 8.55. The molecule has 0 radical (unpaired) electrons. The molecule has 0 amide bonds. The van der Waals surface area contributed by atoms with Crippen LogP contribution in [0.15, 0.2) is 10.6 Å². The highest BCUT2D eigenvalue weighted by Gasteiger charge is 2.35. The highest BCUT2D eigenvalue weighted by molar-refractivity contribution is 6.11. The van der Waals surface area contributed by atoms with E-state index in [4.69, 9.17) is 24.2 Å². The topological polar surface area (TPSA) is 109 Å². The quantitative estimate of drug-likeness (QED) is 0.404. The Balaban J connectivity index is 1.69. The van der Waals surface area contributed by atoms with Crippen LogP contribution in [0.1, 0.15) is 47.4 Å². The summed E-state index contributed by atoms with van der Waals surface area (Å²) >= 11 is 0. The molecule has 9 nitrogen and oxygen atoms in total. The fourth-order valence-electron chi connectivity index (χ4n) is 4.83. The van der Waals surface area contributed by atoms with Gasteiger partial charge in [-0.1, -0.05) is 5.16 Å². The van der Waals surface area contributed by atoms with Gasteiger partial charge in [-0.3, -0.25) is 0 Å². The number of aryl methyl sites for hydroxylation is 4. The van der Waals surface area contributed by atoms with Gasteiger partial charge in [0.15, 0.2) is 7.05 Å². The summed E-state index contributed by atoms with van der Waals surface area (Å²) < 4.78 is 13.2. The lowest BCUT2D eigenvalue weighted by molar-refractivity contribution is -0.732. The summed E-state index contributed by atoms with van der Waals surface area (Å²) in [5.41, 5.74) is 9.38. The molecule has 0 aromatic carbocycles. The summed E-state index contributed by atoms with van der Waals surface area (Å²) in [6.45, 7) is 7.86. The van der Waals surface area contributed by atoms with Crippen LogP contribution in [0.25, 0.3) is 44.5 Å². The molecule has 0 unspecified atom stereocenters. The molecule has 168 valence electrons. The Hall–Kier alpha value is -3.75. The molecule has 5 aromatic heterocycles. The van der Waals surface area contributed by atoms with Crippen molar-refractivity contribution in [2.45, 2.75) is 46.5 Å². The van der Waals surface area contributed by atoms with Crippen LogP contribution in [-0.4, -0.2) is 37.3 Å². The van der Waals surface area contributed by atoms with Crippen molar-refractivity contribution >= 4 is 22.1 Å². The average molecular weight is 445 g/mol. The van der Waals surface area contributed by atoms with E-state index >= 15 is 0 Å². The first kappa shape index (κ1) is 19.9. The molecule has 0 spiro atoms. The maximum absolute atomic E-state index is 5.73. The molecule has 2 N–H and O–H groups in total. The van der Waals surface area contributed by atoms with Gasteiger partial charge in [0, 0.05) is 12.8 Å². The molecule has 33 heavy (non-hydrogen) atoms. The van der Waals surface area contributed by atoms with Gasteiger partial charge in [0.05, 0.1) is 51.8 Å². The van der Waals surface area contributed by atoms with Gasteiger partial charge in [-0.2, -0.15) is 5.10 Å². The van der Waals surface area contributed by atoms with Crippen molar-refractivity contribution in [2.24, 2.45) is 7.05 Å². The molecule has 1 aliphatic rings. The number of aromatic amines is 2. The fraction of sp³-hybridized carbons (Fsp3) is 0.375. The Labute approximate surface area is 190 Å². The lowest BCUT2D eigenvalue weighted by Crippen LogP contribution is -2.32. The van der Waals surface area contributed by atoms with E-state index in [1.54, 1.807) is 7.11 Å². The van der Waals surface area contributed by atoms with Crippen molar-refractivity contribution in [3.05, 3.63) is 34.7 Å². The lowest BCUT2D eigenvalue weighted by Gasteiger charge is -2.08. The molecule has 0 atom stereocenters. The van der Waals surface area contributed by atoms with Crippen LogP contribution in [0.5, 0.6) is 5.88 Å². The molecule has 1 aliphatic carbocycles. The molecule has 0 bridgehead atoms. The summed E-state index contributed by atoms with van der Waals surface area (Å²) in [6, 6.07) is 2.04. The number of fused-ring (bicyclic) bond motifs is 3. The molecule has 6 rings (SSSR count). The van der Waals surface area contributed by atoms with Crippen molar-refractivity contribution in [1.29, 1.82) is 0 Å². The first-order valence-electron chi connectivity index (χ1n) is 11.1. The van der Waals surface area contributed by atoms with Crippen molar-refractivity contribution in [1.82, 2.24) is 30.2 Å². The number of nitrogens with one attached hydrogen (secondary N) is 2. The van der Waals surface area contributed by atoms with Crippen molar-refractivity contribution in [3.8, 4) is 28.3 Å². The van der Waals surface area contributed by atoms with Gasteiger partial charge in [0.2, 0.25) is 11.6 Å². The molecule has 5 heterocycles. The van der Waals surface area contributed by atoms with Crippen LogP contribution in [0.2, 0.25) is 0 Å². The first-order chi connectivity index (χ1) is 15.9. The van der Waals surface area contributed by atoms with E-state index in [2.05, 4.69) is 26.8 Å². The molecule has 9 heteroatoms. The maximum Gasteiger partial charge on any atom is 0.221 e.